The van der Waals surface area contributed by atoms with Crippen molar-refractivity contribution in [2.75, 3.05) is 17.1 Å². The van der Waals surface area contributed by atoms with Crippen molar-refractivity contribution in [2.24, 2.45) is 0 Å². The zero-order chi connectivity index (χ0) is 23.4. The molecule has 176 valence electrons. The Bertz CT molecular complexity index is 1240. The number of sulfonamides is 1. The first kappa shape index (κ1) is 23.1. The molecule has 0 radical (unpaired) electrons. The largest absolute Gasteiger partial charge is 0.450 e. The average Bonchev–Trinajstić information content (AvgIpc) is 3.56. The van der Waals surface area contributed by atoms with Gasteiger partial charge in [-0.05, 0) is 43.4 Å². The molecule has 0 atom stereocenters. The summed E-state index contributed by atoms with van der Waals surface area (Å²) < 4.78 is 33.6. The lowest BCUT2D eigenvalue weighted by atomic mass is 10.2. The zero-order valence-corrected chi connectivity index (χ0v) is 19.4. The lowest BCUT2D eigenvalue weighted by molar-refractivity contribution is 0.143. The number of nitrogen functional groups attached to an aromatic ring is 1. The number of hydrogen-bond acceptors (Lipinski definition) is 7. The summed E-state index contributed by atoms with van der Waals surface area (Å²) >= 11 is 5.97. The molecular weight excluding hydrogens is 468 g/mol. The van der Waals surface area contributed by atoms with Crippen LogP contribution in [0.25, 0.3) is 11.0 Å². The molecule has 1 aliphatic rings. The molecule has 2 heterocycles. The van der Waals surface area contributed by atoms with E-state index in [0.29, 0.717) is 48.0 Å². The number of ether oxygens (including phenoxy) is 1. The number of pyridine rings is 1. The average molecular weight is 493 g/mol. The molecular formula is C21H25ClN6O4S. The van der Waals surface area contributed by atoms with Crippen LogP contribution in [0.5, 0.6) is 0 Å². The number of nitrogens with one attached hydrogen (secondary N) is 2. The molecule has 1 amide bonds. The number of halogens is 1. The summed E-state index contributed by atoms with van der Waals surface area (Å²) in [6, 6.07) is 8.60. The fraction of sp³-hybridized carbons (Fsp3) is 0.381. The van der Waals surface area contributed by atoms with E-state index in [9.17, 15) is 13.2 Å². The first-order valence-electron chi connectivity index (χ1n) is 10.6. The minimum absolute atomic E-state index is 0.275. The summed E-state index contributed by atoms with van der Waals surface area (Å²) in [5.41, 5.74) is 8.61. The van der Waals surface area contributed by atoms with Gasteiger partial charge in [0.15, 0.2) is 5.82 Å². The van der Waals surface area contributed by atoms with Crippen molar-refractivity contribution in [3.63, 3.8) is 0 Å². The van der Waals surface area contributed by atoms with Crippen LogP contribution >= 0.6 is 11.6 Å². The van der Waals surface area contributed by atoms with Crippen molar-refractivity contribution in [3.8, 4) is 0 Å². The van der Waals surface area contributed by atoms with E-state index in [0.717, 1.165) is 17.5 Å². The molecule has 0 unspecified atom stereocenters. The number of carbonyl (C=O) groups excluding carboxylic acids is 1. The number of imidazole rings is 1. The predicted octanol–water partition coefficient (Wildman–Crippen LogP) is 3.28. The number of nitrogens with zero attached hydrogens (tertiary/aromatic N) is 3. The highest BCUT2D eigenvalue weighted by Crippen LogP contribution is 2.29. The smallest absolute Gasteiger partial charge is 0.407 e. The van der Waals surface area contributed by atoms with Gasteiger partial charge in [-0.25, -0.2) is 23.2 Å². The third-order valence-corrected chi connectivity index (χ3v) is 7.31. The van der Waals surface area contributed by atoms with Gasteiger partial charge in [-0.2, -0.15) is 0 Å². The molecule has 0 bridgehead atoms. The number of carbonyl (C=O) groups is 1. The van der Waals surface area contributed by atoms with Gasteiger partial charge in [0.05, 0.1) is 23.7 Å². The highest BCUT2D eigenvalue weighted by molar-refractivity contribution is 7.93. The summed E-state index contributed by atoms with van der Waals surface area (Å²) in [6.07, 6.45) is 4.05. The van der Waals surface area contributed by atoms with Gasteiger partial charge in [0.1, 0.15) is 10.7 Å². The highest BCUT2D eigenvalue weighted by atomic mass is 35.5. The molecule has 2 aromatic heterocycles. The van der Waals surface area contributed by atoms with Gasteiger partial charge in [-0.15, -0.1) is 0 Å². The molecule has 33 heavy (non-hydrogen) atoms. The number of anilines is 2. The van der Waals surface area contributed by atoms with Gasteiger partial charge in [0, 0.05) is 24.8 Å². The molecule has 1 saturated carbocycles. The lowest BCUT2D eigenvalue weighted by Gasteiger charge is -2.09. The van der Waals surface area contributed by atoms with Crippen LogP contribution in [-0.4, -0.2) is 40.9 Å². The minimum atomic E-state index is -3.28. The molecule has 0 spiro atoms. The van der Waals surface area contributed by atoms with Gasteiger partial charge in [0.25, 0.3) is 0 Å². The number of aromatic nitrogens is 3. The van der Waals surface area contributed by atoms with Crippen molar-refractivity contribution in [1.82, 2.24) is 19.9 Å². The van der Waals surface area contributed by atoms with E-state index in [4.69, 9.17) is 22.1 Å². The molecule has 1 aliphatic carbocycles. The number of rotatable bonds is 10. The summed E-state index contributed by atoms with van der Waals surface area (Å²) in [7, 11) is -3.28. The first-order chi connectivity index (χ1) is 15.8. The van der Waals surface area contributed by atoms with Crippen LogP contribution in [0.2, 0.25) is 5.15 Å². The Morgan fingerprint density at radius 1 is 1.24 bits per heavy atom. The molecule has 1 fully saturated rings. The number of alkyl carbamates (subject to hydrolysis) is 1. The van der Waals surface area contributed by atoms with E-state index in [1.807, 2.05) is 4.57 Å². The fourth-order valence-corrected chi connectivity index (χ4v) is 4.90. The van der Waals surface area contributed by atoms with Crippen molar-refractivity contribution in [1.29, 1.82) is 0 Å². The zero-order valence-electron chi connectivity index (χ0n) is 17.8. The maximum absolute atomic E-state index is 12.0. The van der Waals surface area contributed by atoms with E-state index in [1.54, 1.807) is 36.7 Å². The molecule has 10 nitrogen and oxygen atoms in total. The fourth-order valence-electron chi connectivity index (χ4n) is 3.32. The standard InChI is InChI=1S/C21H25ClN6O4S/c22-18-11-17-19(20(23)26-18)25-13-28(17)9-1-2-10-32-21(29)24-12-14-3-5-15(6-4-14)27-33(30,31)16-7-8-16/h3-6,11,13,16,27H,1-2,7-10,12H2,(H2,23,26)(H,24,29). The SMILES string of the molecule is Nc1nc(Cl)cc2c1ncn2CCCCOC(=O)NCc1ccc(NS(=O)(=O)C2CC2)cc1. The number of hydrogen-bond donors (Lipinski definition) is 3. The summed E-state index contributed by atoms with van der Waals surface area (Å²) in [6.45, 7) is 1.24. The van der Waals surface area contributed by atoms with Gasteiger partial charge in [-0.1, -0.05) is 23.7 Å². The maximum atomic E-state index is 12.0. The molecule has 0 saturated heterocycles. The van der Waals surface area contributed by atoms with E-state index in [-0.39, 0.29) is 18.4 Å². The Hall–Kier alpha value is -3.05. The Morgan fingerprint density at radius 3 is 2.73 bits per heavy atom. The topological polar surface area (TPSA) is 141 Å². The van der Waals surface area contributed by atoms with E-state index < -0.39 is 16.1 Å². The minimum Gasteiger partial charge on any atom is -0.450 e. The van der Waals surface area contributed by atoms with Crippen LogP contribution in [-0.2, 0) is 27.8 Å². The van der Waals surface area contributed by atoms with E-state index in [1.165, 1.54) is 0 Å². The highest BCUT2D eigenvalue weighted by Gasteiger charge is 2.35. The monoisotopic (exact) mass is 492 g/mol. The number of nitrogens with two attached hydrogens (primary N) is 1. The Labute approximate surface area is 196 Å². The summed E-state index contributed by atoms with van der Waals surface area (Å²) in [5.74, 6) is 0.297. The molecule has 12 heteroatoms. The second kappa shape index (κ2) is 9.84. The van der Waals surface area contributed by atoms with Gasteiger partial charge in [-0.3, -0.25) is 4.72 Å². The number of aryl methyl sites for hydroxylation is 1. The van der Waals surface area contributed by atoms with Crippen molar-refractivity contribution >= 4 is 50.3 Å². The Morgan fingerprint density at radius 2 is 2.00 bits per heavy atom. The number of amides is 1. The van der Waals surface area contributed by atoms with Crippen LogP contribution < -0.4 is 15.8 Å². The third kappa shape index (κ3) is 6.05. The number of unbranched alkanes of at least 4 members (excludes halogenated alkanes) is 1. The molecule has 3 aromatic rings. The molecule has 0 aliphatic heterocycles. The summed E-state index contributed by atoms with van der Waals surface area (Å²) in [4.78, 5) is 20.2. The van der Waals surface area contributed by atoms with Crippen LogP contribution in [0.15, 0.2) is 36.7 Å². The normalized spacial score (nSPS) is 13.7. The second-order valence-corrected chi connectivity index (χ2v) is 10.2. The van der Waals surface area contributed by atoms with Crippen molar-refractivity contribution in [3.05, 3.63) is 47.4 Å². The Kier molecular flexibility index (Phi) is 6.89. The molecule has 4 rings (SSSR count). The lowest BCUT2D eigenvalue weighted by Crippen LogP contribution is -2.24. The van der Waals surface area contributed by atoms with Crippen LogP contribution in [0.3, 0.4) is 0 Å². The molecule has 4 N–H and O–H groups in total. The quantitative estimate of drug-likeness (QED) is 0.291. The predicted molar refractivity (Wildman–Crippen MR) is 126 cm³/mol. The summed E-state index contributed by atoms with van der Waals surface area (Å²) in [5, 5.41) is 2.73. The second-order valence-electron chi connectivity index (χ2n) is 7.88. The van der Waals surface area contributed by atoms with E-state index in [2.05, 4.69) is 20.0 Å². The first-order valence-corrected chi connectivity index (χ1v) is 12.5. The number of benzene rings is 1. The molecule has 1 aromatic carbocycles. The van der Waals surface area contributed by atoms with Gasteiger partial charge >= 0.3 is 6.09 Å². The van der Waals surface area contributed by atoms with Crippen LogP contribution in [0.1, 0.15) is 31.2 Å². The van der Waals surface area contributed by atoms with Gasteiger partial charge < -0.3 is 20.4 Å². The van der Waals surface area contributed by atoms with Crippen molar-refractivity contribution in [2.45, 2.75) is 44.0 Å². The van der Waals surface area contributed by atoms with Gasteiger partial charge in [0.2, 0.25) is 10.0 Å². The van der Waals surface area contributed by atoms with Crippen LogP contribution in [0.4, 0.5) is 16.3 Å². The number of fused-ring (bicyclic) bond motifs is 1. The Balaban J connectivity index is 1.15. The maximum Gasteiger partial charge on any atom is 0.407 e. The van der Waals surface area contributed by atoms with E-state index >= 15 is 0 Å². The third-order valence-electron chi connectivity index (χ3n) is 5.24. The van der Waals surface area contributed by atoms with Crippen molar-refractivity contribution < 1.29 is 17.9 Å². The van der Waals surface area contributed by atoms with Crippen LogP contribution in [0, 0.1) is 0 Å².